The van der Waals surface area contributed by atoms with Crippen molar-refractivity contribution in [1.82, 2.24) is 15.1 Å². The SMILES string of the molecule is CCN1CCN(C(=O)C2NCCc3ccccc32)CC1C. The second-order valence-electron chi connectivity index (χ2n) is 6.10. The average molecular weight is 287 g/mol. The van der Waals surface area contributed by atoms with Crippen LogP contribution < -0.4 is 5.32 Å². The van der Waals surface area contributed by atoms with Crippen molar-refractivity contribution in [1.29, 1.82) is 0 Å². The van der Waals surface area contributed by atoms with Crippen molar-refractivity contribution in [3.63, 3.8) is 0 Å². The van der Waals surface area contributed by atoms with Gasteiger partial charge in [0.1, 0.15) is 6.04 Å². The van der Waals surface area contributed by atoms with E-state index in [2.05, 4.69) is 42.3 Å². The van der Waals surface area contributed by atoms with Crippen LogP contribution in [0, 0.1) is 0 Å². The van der Waals surface area contributed by atoms with Crippen molar-refractivity contribution in [2.45, 2.75) is 32.4 Å². The van der Waals surface area contributed by atoms with Crippen molar-refractivity contribution < 1.29 is 4.79 Å². The number of amides is 1. The van der Waals surface area contributed by atoms with Gasteiger partial charge in [-0.3, -0.25) is 9.69 Å². The Kier molecular flexibility index (Phi) is 4.27. The molecule has 0 bridgehead atoms. The molecule has 1 amide bonds. The van der Waals surface area contributed by atoms with E-state index in [1.54, 1.807) is 0 Å². The van der Waals surface area contributed by atoms with Gasteiger partial charge in [-0.15, -0.1) is 0 Å². The van der Waals surface area contributed by atoms with Crippen molar-refractivity contribution in [3.8, 4) is 0 Å². The Morgan fingerprint density at radius 3 is 2.90 bits per heavy atom. The van der Waals surface area contributed by atoms with Crippen LogP contribution in [0.4, 0.5) is 0 Å². The van der Waals surface area contributed by atoms with Gasteiger partial charge in [-0.05, 0) is 31.0 Å². The van der Waals surface area contributed by atoms with Crippen LogP contribution in [0.2, 0.25) is 0 Å². The summed E-state index contributed by atoms with van der Waals surface area (Å²) in [6, 6.07) is 8.63. The highest BCUT2D eigenvalue weighted by Gasteiger charge is 2.32. The Morgan fingerprint density at radius 1 is 1.33 bits per heavy atom. The predicted molar refractivity (Wildman–Crippen MR) is 84.2 cm³/mol. The Labute approximate surface area is 127 Å². The summed E-state index contributed by atoms with van der Waals surface area (Å²) in [5.41, 5.74) is 2.48. The average Bonchev–Trinajstić information content (AvgIpc) is 2.53. The third kappa shape index (κ3) is 2.83. The van der Waals surface area contributed by atoms with Crippen LogP contribution >= 0.6 is 0 Å². The van der Waals surface area contributed by atoms with E-state index >= 15 is 0 Å². The van der Waals surface area contributed by atoms with Crippen LogP contribution in [0.1, 0.15) is 31.0 Å². The number of carbonyl (C=O) groups excluding carboxylic acids is 1. The molecule has 4 nitrogen and oxygen atoms in total. The second kappa shape index (κ2) is 6.16. The summed E-state index contributed by atoms with van der Waals surface area (Å²) < 4.78 is 0. The van der Waals surface area contributed by atoms with Crippen LogP contribution in [-0.2, 0) is 11.2 Å². The van der Waals surface area contributed by atoms with Gasteiger partial charge in [0.15, 0.2) is 0 Å². The highest BCUT2D eigenvalue weighted by atomic mass is 16.2. The number of nitrogens with one attached hydrogen (secondary N) is 1. The van der Waals surface area contributed by atoms with Crippen molar-refractivity contribution in [2.24, 2.45) is 0 Å². The third-order valence-electron chi connectivity index (χ3n) is 4.84. The van der Waals surface area contributed by atoms with Gasteiger partial charge in [0.2, 0.25) is 5.91 Å². The Hall–Kier alpha value is -1.39. The van der Waals surface area contributed by atoms with E-state index in [1.165, 1.54) is 11.1 Å². The number of nitrogens with zero attached hydrogens (tertiary/aromatic N) is 2. The quantitative estimate of drug-likeness (QED) is 0.894. The zero-order valence-corrected chi connectivity index (χ0v) is 13.0. The van der Waals surface area contributed by atoms with Gasteiger partial charge in [-0.25, -0.2) is 0 Å². The first kappa shape index (κ1) is 14.5. The van der Waals surface area contributed by atoms with Gasteiger partial charge in [0.25, 0.3) is 0 Å². The van der Waals surface area contributed by atoms with E-state index in [4.69, 9.17) is 0 Å². The maximum Gasteiger partial charge on any atom is 0.244 e. The summed E-state index contributed by atoms with van der Waals surface area (Å²) in [5, 5.41) is 3.41. The molecule has 2 unspecified atom stereocenters. The number of benzene rings is 1. The summed E-state index contributed by atoms with van der Waals surface area (Å²) in [4.78, 5) is 17.4. The molecule has 21 heavy (non-hydrogen) atoms. The number of hydrogen-bond donors (Lipinski definition) is 1. The Morgan fingerprint density at radius 2 is 2.14 bits per heavy atom. The lowest BCUT2D eigenvalue weighted by Gasteiger charge is -2.41. The first-order valence-corrected chi connectivity index (χ1v) is 8.04. The fourth-order valence-corrected chi connectivity index (χ4v) is 3.57. The lowest BCUT2D eigenvalue weighted by Crippen LogP contribution is -2.55. The number of carbonyl (C=O) groups is 1. The molecule has 0 radical (unpaired) electrons. The fourth-order valence-electron chi connectivity index (χ4n) is 3.57. The summed E-state index contributed by atoms with van der Waals surface area (Å²) in [6.07, 6.45) is 1.01. The van der Waals surface area contributed by atoms with E-state index in [0.29, 0.717) is 6.04 Å². The molecule has 3 rings (SSSR count). The smallest absolute Gasteiger partial charge is 0.244 e. The van der Waals surface area contributed by atoms with Crippen molar-refractivity contribution in [2.75, 3.05) is 32.7 Å². The molecule has 1 aromatic carbocycles. The van der Waals surface area contributed by atoms with E-state index in [0.717, 1.165) is 39.1 Å². The zero-order chi connectivity index (χ0) is 14.8. The van der Waals surface area contributed by atoms with Crippen molar-refractivity contribution in [3.05, 3.63) is 35.4 Å². The summed E-state index contributed by atoms with van der Waals surface area (Å²) in [5.74, 6) is 0.241. The number of rotatable bonds is 2. The number of piperazine rings is 1. The zero-order valence-electron chi connectivity index (χ0n) is 13.0. The maximum absolute atomic E-state index is 12.9. The molecule has 0 aromatic heterocycles. The highest BCUT2D eigenvalue weighted by molar-refractivity contribution is 5.84. The van der Waals surface area contributed by atoms with E-state index in [1.807, 2.05) is 11.0 Å². The minimum absolute atomic E-state index is 0.157. The molecule has 0 saturated carbocycles. The Balaban J connectivity index is 1.75. The van der Waals surface area contributed by atoms with E-state index in [-0.39, 0.29) is 11.9 Å². The maximum atomic E-state index is 12.9. The minimum atomic E-state index is -0.157. The molecule has 2 atom stereocenters. The molecule has 2 heterocycles. The van der Waals surface area contributed by atoms with Gasteiger partial charge in [-0.1, -0.05) is 31.2 Å². The largest absolute Gasteiger partial charge is 0.338 e. The molecule has 0 spiro atoms. The summed E-state index contributed by atoms with van der Waals surface area (Å²) in [7, 11) is 0. The lowest BCUT2D eigenvalue weighted by molar-refractivity contribution is -0.136. The number of hydrogen-bond acceptors (Lipinski definition) is 3. The van der Waals surface area contributed by atoms with Crippen LogP contribution in [0.3, 0.4) is 0 Å². The van der Waals surface area contributed by atoms with Gasteiger partial charge in [0.05, 0.1) is 0 Å². The molecule has 1 fully saturated rings. The first-order chi connectivity index (χ1) is 10.2. The number of likely N-dealkylation sites (N-methyl/N-ethyl adjacent to an activating group) is 1. The van der Waals surface area contributed by atoms with Crippen LogP contribution in [0.15, 0.2) is 24.3 Å². The monoisotopic (exact) mass is 287 g/mol. The van der Waals surface area contributed by atoms with Crippen LogP contribution in [-0.4, -0.2) is 54.5 Å². The predicted octanol–water partition coefficient (Wildman–Crippen LogP) is 1.43. The first-order valence-electron chi connectivity index (χ1n) is 8.04. The second-order valence-corrected chi connectivity index (χ2v) is 6.10. The highest BCUT2D eigenvalue weighted by Crippen LogP contribution is 2.25. The molecule has 2 aliphatic rings. The van der Waals surface area contributed by atoms with Crippen molar-refractivity contribution >= 4 is 5.91 Å². The van der Waals surface area contributed by atoms with E-state index < -0.39 is 0 Å². The number of fused-ring (bicyclic) bond motifs is 1. The molecule has 0 aliphatic carbocycles. The molecule has 1 N–H and O–H groups in total. The van der Waals surface area contributed by atoms with Gasteiger partial charge in [0, 0.05) is 32.2 Å². The third-order valence-corrected chi connectivity index (χ3v) is 4.84. The van der Waals surface area contributed by atoms with Gasteiger partial charge < -0.3 is 10.2 Å². The molecule has 2 aliphatic heterocycles. The topological polar surface area (TPSA) is 35.6 Å². The summed E-state index contributed by atoms with van der Waals surface area (Å²) >= 11 is 0. The van der Waals surface area contributed by atoms with E-state index in [9.17, 15) is 4.79 Å². The fraction of sp³-hybridized carbons (Fsp3) is 0.588. The van der Waals surface area contributed by atoms with Gasteiger partial charge in [-0.2, -0.15) is 0 Å². The van der Waals surface area contributed by atoms with Crippen LogP contribution in [0.25, 0.3) is 0 Å². The standard InChI is InChI=1S/C17H25N3O/c1-3-19-10-11-20(12-13(19)2)17(21)16-15-7-5-4-6-14(15)8-9-18-16/h4-7,13,16,18H,3,8-12H2,1-2H3. The Bertz CT molecular complexity index is 517. The minimum Gasteiger partial charge on any atom is -0.338 e. The molecule has 1 aromatic rings. The lowest BCUT2D eigenvalue weighted by atomic mass is 9.93. The summed E-state index contributed by atoms with van der Waals surface area (Å²) in [6.45, 7) is 9.02. The molecule has 1 saturated heterocycles. The van der Waals surface area contributed by atoms with Gasteiger partial charge >= 0.3 is 0 Å². The van der Waals surface area contributed by atoms with Crippen LogP contribution in [0.5, 0.6) is 0 Å². The molecule has 114 valence electrons. The molecular weight excluding hydrogens is 262 g/mol. The molecule has 4 heteroatoms. The molecular formula is C17H25N3O. The normalized spacial score (nSPS) is 26.5.